The van der Waals surface area contributed by atoms with Crippen LogP contribution in [0.5, 0.6) is 0 Å². The van der Waals surface area contributed by atoms with E-state index in [1.165, 1.54) is 142 Å². The maximum Gasteiger partial charge on any atom is 0.153 e. The van der Waals surface area contributed by atoms with Crippen LogP contribution in [0.25, 0.3) is 142 Å². The number of para-hydroxylation sites is 4. The molecular formula is C58H40N4Si. The second-order valence-electron chi connectivity index (χ2n) is 18.8. The molecule has 0 saturated carbocycles. The normalized spacial score (nSPS) is 13.1. The molecular weight excluding hydrogens is 781 g/mol. The fourth-order valence-electron chi connectivity index (χ4n) is 12.5. The minimum absolute atomic E-state index is 1.23. The van der Waals surface area contributed by atoms with Crippen molar-refractivity contribution < 1.29 is 0 Å². The first-order chi connectivity index (χ1) is 30.9. The summed E-state index contributed by atoms with van der Waals surface area (Å²) in [5.74, 6) is 0. The Hall–Kier alpha value is -7.60. The van der Waals surface area contributed by atoms with E-state index in [1.807, 2.05) is 0 Å². The van der Waals surface area contributed by atoms with Crippen molar-refractivity contribution in [2.75, 3.05) is 0 Å². The summed E-state index contributed by atoms with van der Waals surface area (Å²) in [6.45, 7) is 7.45. The molecule has 0 fully saturated rings. The standard InChI is InChI=1S/C58H40N4Si/c1-59-43-27-13-11-21-35(43)37-29-31-45-49(55(37)59)39-23-15-25-41-51-48(34-19-9-6-10-20-34)58-52(47(33-17-7-5-8-18-33)57(51)60(45)53(39)41)42-26-16-24-40-50-46(61(58)54(40)42)32-30-38-36-22-12-14-28-44(36)62(56(38)50)63(2,3)4/h5-32H,1-4H3. The van der Waals surface area contributed by atoms with Gasteiger partial charge in [-0.2, -0.15) is 0 Å². The van der Waals surface area contributed by atoms with Crippen LogP contribution in [0.3, 0.4) is 0 Å². The first kappa shape index (κ1) is 34.0. The van der Waals surface area contributed by atoms with Crippen LogP contribution in [0, 0.1) is 0 Å². The molecule has 0 aliphatic carbocycles. The van der Waals surface area contributed by atoms with E-state index in [1.54, 1.807) is 0 Å². The topological polar surface area (TPSA) is 18.7 Å². The fourth-order valence-corrected chi connectivity index (χ4v) is 14.3. The van der Waals surface area contributed by atoms with Gasteiger partial charge in [0.15, 0.2) is 8.24 Å². The highest BCUT2D eigenvalue weighted by atomic mass is 28.3. The highest BCUT2D eigenvalue weighted by Gasteiger charge is 2.33. The molecule has 0 radical (unpaired) electrons. The minimum Gasteiger partial charge on any atom is -0.368 e. The van der Waals surface area contributed by atoms with Gasteiger partial charge in [0.05, 0.1) is 44.1 Å². The van der Waals surface area contributed by atoms with Gasteiger partial charge < -0.3 is 17.6 Å². The lowest BCUT2D eigenvalue weighted by Gasteiger charge is -2.22. The zero-order valence-electron chi connectivity index (χ0n) is 35.5. The molecule has 4 nitrogen and oxygen atoms in total. The van der Waals surface area contributed by atoms with E-state index < -0.39 is 8.24 Å². The Balaban J connectivity index is 1.25. The second-order valence-corrected chi connectivity index (χ2v) is 23.6. The molecule has 15 aromatic rings. The van der Waals surface area contributed by atoms with Crippen LogP contribution in [0.2, 0.25) is 19.6 Å². The fraction of sp³-hybridized carbons (Fsp3) is 0.0690. The molecule has 0 amide bonds. The molecule has 0 bridgehead atoms. The molecule has 0 N–H and O–H groups in total. The average molecular weight is 821 g/mol. The van der Waals surface area contributed by atoms with Crippen molar-refractivity contribution >= 4 is 128 Å². The van der Waals surface area contributed by atoms with Crippen molar-refractivity contribution in [3.63, 3.8) is 0 Å². The van der Waals surface area contributed by atoms with Crippen molar-refractivity contribution in [2.45, 2.75) is 19.6 Å². The Morgan fingerprint density at radius 1 is 0.302 bits per heavy atom. The summed E-state index contributed by atoms with van der Waals surface area (Å²) in [5, 5.41) is 15.7. The van der Waals surface area contributed by atoms with E-state index in [9.17, 15) is 0 Å². The van der Waals surface area contributed by atoms with Crippen LogP contribution >= 0.6 is 0 Å². The number of hydrogen-bond donors (Lipinski definition) is 0. The molecule has 296 valence electrons. The van der Waals surface area contributed by atoms with Gasteiger partial charge in [-0.3, -0.25) is 0 Å². The Kier molecular flexibility index (Phi) is 6.18. The number of nitrogens with zero attached hydrogens (tertiary/aromatic N) is 4. The maximum atomic E-state index is 2.74. The Bertz CT molecular complexity index is 4460. The van der Waals surface area contributed by atoms with Crippen LogP contribution in [-0.2, 0) is 7.05 Å². The van der Waals surface area contributed by atoms with E-state index in [2.05, 4.69) is 214 Å². The van der Waals surface area contributed by atoms with Gasteiger partial charge in [0.25, 0.3) is 0 Å². The zero-order valence-corrected chi connectivity index (χ0v) is 36.5. The largest absolute Gasteiger partial charge is 0.368 e. The summed E-state index contributed by atoms with van der Waals surface area (Å²) >= 11 is 0. The van der Waals surface area contributed by atoms with E-state index in [4.69, 9.17) is 0 Å². The van der Waals surface area contributed by atoms with Crippen molar-refractivity contribution in [1.29, 1.82) is 0 Å². The Morgan fingerprint density at radius 3 is 1.24 bits per heavy atom. The number of aromatic nitrogens is 4. The van der Waals surface area contributed by atoms with Crippen molar-refractivity contribution in [3.8, 4) is 22.3 Å². The lowest BCUT2D eigenvalue weighted by atomic mass is 9.89. The van der Waals surface area contributed by atoms with Gasteiger partial charge in [0, 0.05) is 93.8 Å². The average Bonchev–Trinajstić information content (AvgIpc) is 4.15. The molecule has 0 aliphatic rings. The van der Waals surface area contributed by atoms with E-state index in [-0.39, 0.29) is 0 Å². The van der Waals surface area contributed by atoms with E-state index >= 15 is 0 Å². The van der Waals surface area contributed by atoms with Crippen LogP contribution in [-0.4, -0.2) is 25.8 Å². The quantitative estimate of drug-likeness (QED) is 0.158. The highest BCUT2D eigenvalue weighted by Crippen LogP contribution is 2.55. The monoisotopic (exact) mass is 820 g/mol. The van der Waals surface area contributed by atoms with Gasteiger partial charge in [-0.05, 0) is 35.4 Å². The molecule has 5 heteroatoms. The van der Waals surface area contributed by atoms with E-state index in [0.29, 0.717) is 0 Å². The first-order valence-electron chi connectivity index (χ1n) is 22.2. The Morgan fingerprint density at radius 2 is 0.714 bits per heavy atom. The highest BCUT2D eigenvalue weighted by molar-refractivity contribution is 6.76. The molecule has 0 spiro atoms. The van der Waals surface area contributed by atoms with E-state index in [0.717, 1.165) is 0 Å². The number of benzene rings is 9. The summed E-state index contributed by atoms with van der Waals surface area (Å²) in [6, 6.07) is 64.1. The molecule has 0 atom stereocenters. The van der Waals surface area contributed by atoms with Crippen molar-refractivity contribution in [2.24, 2.45) is 7.05 Å². The third-order valence-corrected chi connectivity index (χ3v) is 16.4. The number of fused-ring (bicyclic) bond motifs is 20. The summed E-state index contributed by atoms with van der Waals surface area (Å²) in [6.07, 6.45) is 0. The second kappa shape index (κ2) is 11.4. The van der Waals surface area contributed by atoms with Gasteiger partial charge in [0.2, 0.25) is 0 Å². The molecule has 0 aliphatic heterocycles. The van der Waals surface area contributed by atoms with Gasteiger partial charge in [-0.1, -0.05) is 165 Å². The third kappa shape index (κ3) is 3.95. The third-order valence-electron chi connectivity index (χ3n) is 14.6. The molecule has 15 rings (SSSR count). The number of hydrogen-bond acceptors (Lipinski definition) is 0. The van der Waals surface area contributed by atoms with Gasteiger partial charge in [-0.15, -0.1) is 0 Å². The molecule has 6 aromatic heterocycles. The Labute approximate surface area is 362 Å². The number of aryl methyl sites for hydroxylation is 1. The predicted octanol–water partition coefficient (Wildman–Crippen LogP) is 15.8. The molecule has 6 heterocycles. The summed E-state index contributed by atoms with van der Waals surface area (Å²) in [7, 11) is 0.330. The van der Waals surface area contributed by atoms with Crippen molar-refractivity contribution in [1.82, 2.24) is 17.6 Å². The lowest BCUT2D eigenvalue weighted by molar-refractivity contribution is 1.02. The summed E-state index contributed by atoms with van der Waals surface area (Å²) in [5.41, 5.74) is 17.9. The van der Waals surface area contributed by atoms with Crippen LogP contribution in [0.4, 0.5) is 0 Å². The first-order valence-corrected chi connectivity index (χ1v) is 25.6. The molecule has 0 unspecified atom stereocenters. The van der Waals surface area contributed by atoms with Crippen molar-refractivity contribution in [3.05, 3.63) is 170 Å². The minimum atomic E-state index is -1.91. The summed E-state index contributed by atoms with van der Waals surface area (Å²) < 4.78 is 10.5. The zero-order chi connectivity index (χ0) is 41.6. The molecule has 9 aromatic carbocycles. The smallest absolute Gasteiger partial charge is 0.153 e. The maximum absolute atomic E-state index is 2.74. The molecule has 0 saturated heterocycles. The SMILES string of the molecule is Cn1c2ccccc2c2ccc3c(c4cccc5c6c(-c7ccccc7)c7c(c(-c8ccccc8)c6n3c54)c3cccc4c5c6c(ccc5n7c34)c3ccccc3n6[Si](C)(C)C)c21. The van der Waals surface area contributed by atoms with Crippen LogP contribution in [0.1, 0.15) is 0 Å². The van der Waals surface area contributed by atoms with Crippen LogP contribution in [0.15, 0.2) is 170 Å². The van der Waals surface area contributed by atoms with Gasteiger partial charge in [-0.25, -0.2) is 0 Å². The van der Waals surface area contributed by atoms with Gasteiger partial charge in [0.1, 0.15) is 0 Å². The van der Waals surface area contributed by atoms with Gasteiger partial charge >= 0.3 is 0 Å². The molecule has 63 heavy (non-hydrogen) atoms. The van der Waals surface area contributed by atoms with Crippen LogP contribution < -0.4 is 0 Å². The summed E-state index contributed by atoms with van der Waals surface area (Å²) in [4.78, 5) is 0. The lowest BCUT2D eigenvalue weighted by Crippen LogP contribution is -2.31. The predicted molar refractivity (Wildman–Crippen MR) is 272 cm³/mol. The number of rotatable bonds is 3.